The van der Waals surface area contributed by atoms with Crippen molar-refractivity contribution in [2.24, 2.45) is 0 Å². The number of benzene rings is 1. The lowest BCUT2D eigenvalue weighted by atomic mass is 10.0. The van der Waals surface area contributed by atoms with E-state index in [4.69, 9.17) is 15.4 Å². The van der Waals surface area contributed by atoms with E-state index in [1.807, 2.05) is 0 Å². The van der Waals surface area contributed by atoms with Gasteiger partial charge < -0.3 is 25.6 Å². The van der Waals surface area contributed by atoms with Gasteiger partial charge >= 0.3 is 0 Å². The molecule has 1 aromatic heterocycles. The largest absolute Gasteiger partial charge is 0.394 e. The molecular formula is C10H12N2O4. The highest BCUT2D eigenvalue weighted by Crippen LogP contribution is 2.25. The van der Waals surface area contributed by atoms with Crippen molar-refractivity contribution in [3.63, 3.8) is 0 Å². The Balaban J connectivity index is 2.41. The highest BCUT2D eigenvalue weighted by Gasteiger charge is 2.18. The molecule has 0 aliphatic rings. The number of aromatic nitrogens is 1. The summed E-state index contributed by atoms with van der Waals surface area (Å²) < 4.78 is 4.90. The Hall–Kier alpha value is -1.63. The van der Waals surface area contributed by atoms with Gasteiger partial charge in [0.2, 0.25) is 0 Å². The van der Waals surface area contributed by atoms with Crippen LogP contribution in [-0.2, 0) is 0 Å². The Morgan fingerprint density at radius 1 is 1.38 bits per heavy atom. The van der Waals surface area contributed by atoms with Gasteiger partial charge in [0, 0.05) is 0 Å². The number of nitrogens with zero attached hydrogens (tertiary/aromatic N) is 1. The maximum absolute atomic E-state index is 9.68. The zero-order chi connectivity index (χ0) is 11.7. The summed E-state index contributed by atoms with van der Waals surface area (Å²) in [5, 5.41) is 31.8. The van der Waals surface area contributed by atoms with Crippen molar-refractivity contribution in [1.29, 1.82) is 0 Å². The number of nitrogens with two attached hydrogens (primary N) is 1. The summed E-state index contributed by atoms with van der Waals surface area (Å²) in [7, 11) is 0. The number of aliphatic hydroxyl groups excluding tert-OH is 3. The van der Waals surface area contributed by atoms with Crippen molar-refractivity contribution in [1.82, 2.24) is 5.16 Å². The number of fused-ring (bicyclic) bond motifs is 1. The van der Waals surface area contributed by atoms with Crippen molar-refractivity contribution in [3.05, 3.63) is 23.8 Å². The molecular weight excluding hydrogens is 212 g/mol. The second-order valence-corrected chi connectivity index (χ2v) is 3.52. The zero-order valence-corrected chi connectivity index (χ0v) is 8.37. The first-order valence-electron chi connectivity index (χ1n) is 4.75. The molecule has 2 unspecified atom stereocenters. The normalized spacial score (nSPS) is 15.2. The molecule has 0 saturated carbocycles. The summed E-state index contributed by atoms with van der Waals surface area (Å²) in [6.45, 7) is -0.516. The van der Waals surface area contributed by atoms with E-state index in [-0.39, 0.29) is 5.82 Å². The Kier molecular flexibility index (Phi) is 2.78. The van der Waals surface area contributed by atoms with E-state index < -0.39 is 18.8 Å². The van der Waals surface area contributed by atoms with E-state index in [9.17, 15) is 10.2 Å². The van der Waals surface area contributed by atoms with E-state index in [2.05, 4.69) is 5.16 Å². The van der Waals surface area contributed by atoms with Crippen molar-refractivity contribution < 1.29 is 19.8 Å². The number of aliphatic hydroxyl groups is 3. The van der Waals surface area contributed by atoms with Gasteiger partial charge in [-0.05, 0) is 17.7 Å². The summed E-state index contributed by atoms with van der Waals surface area (Å²) >= 11 is 0. The molecule has 0 amide bonds. The lowest BCUT2D eigenvalue weighted by molar-refractivity contribution is -0.0152. The minimum atomic E-state index is -1.22. The van der Waals surface area contributed by atoms with E-state index in [0.717, 1.165) is 0 Å². The summed E-state index contributed by atoms with van der Waals surface area (Å²) in [5.41, 5.74) is 6.51. The molecule has 0 spiro atoms. The van der Waals surface area contributed by atoms with Crippen LogP contribution in [-0.4, -0.2) is 33.2 Å². The van der Waals surface area contributed by atoms with Gasteiger partial charge in [-0.15, -0.1) is 0 Å². The van der Waals surface area contributed by atoms with E-state index in [1.165, 1.54) is 0 Å². The van der Waals surface area contributed by atoms with Gasteiger partial charge in [-0.2, -0.15) is 0 Å². The first kappa shape index (κ1) is 10.9. The van der Waals surface area contributed by atoms with E-state index in [0.29, 0.717) is 16.5 Å². The molecule has 0 aliphatic heterocycles. The fourth-order valence-corrected chi connectivity index (χ4v) is 1.48. The van der Waals surface area contributed by atoms with Crippen molar-refractivity contribution in [3.8, 4) is 0 Å². The standard InChI is InChI=1S/C10H12N2O4/c11-10-6-3-5(9(15)7(14)4-13)1-2-8(6)16-12-10/h1-3,7,9,13-15H,4H2,(H2,11,12). The second kappa shape index (κ2) is 4.09. The molecule has 0 aliphatic carbocycles. The van der Waals surface area contributed by atoms with Crippen LogP contribution in [0.5, 0.6) is 0 Å². The molecule has 2 rings (SSSR count). The van der Waals surface area contributed by atoms with Gasteiger partial charge in [0.1, 0.15) is 12.2 Å². The smallest absolute Gasteiger partial charge is 0.174 e. The van der Waals surface area contributed by atoms with Crippen LogP contribution in [0.3, 0.4) is 0 Å². The number of hydrogen-bond donors (Lipinski definition) is 4. The molecule has 6 nitrogen and oxygen atoms in total. The van der Waals surface area contributed by atoms with Gasteiger partial charge in [0.05, 0.1) is 12.0 Å². The summed E-state index contributed by atoms with van der Waals surface area (Å²) in [4.78, 5) is 0. The summed E-state index contributed by atoms with van der Waals surface area (Å²) in [6, 6.07) is 4.75. The van der Waals surface area contributed by atoms with E-state index >= 15 is 0 Å². The molecule has 16 heavy (non-hydrogen) atoms. The zero-order valence-electron chi connectivity index (χ0n) is 8.37. The average Bonchev–Trinajstić information content (AvgIpc) is 2.68. The maximum atomic E-state index is 9.68. The molecule has 0 bridgehead atoms. The predicted molar refractivity (Wildman–Crippen MR) is 56.5 cm³/mol. The monoisotopic (exact) mass is 224 g/mol. The van der Waals surface area contributed by atoms with Crippen LogP contribution in [0.15, 0.2) is 22.7 Å². The maximum Gasteiger partial charge on any atom is 0.174 e. The quantitative estimate of drug-likeness (QED) is 0.574. The summed E-state index contributed by atoms with van der Waals surface area (Å²) in [5.74, 6) is 0.225. The minimum Gasteiger partial charge on any atom is -0.394 e. The predicted octanol–water partition coefficient (Wildman–Crippen LogP) is -0.203. The lowest BCUT2D eigenvalue weighted by Crippen LogP contribution is -2.21. The minimum absolute atomic E-state index is 0.225. The number of hydrogen-bond acceptors (Lipinski definition) is 6. The van der Waals surface area contributed by atoms with Gasteiger partial charge in [-0.25, -0.2) is 0 Å². The van der Waals surface area contributed by atoms with Crippen LogP contribution in [0.2, 0.25) is 0 Å². The Bertz CT molecular complexity index is 497. The fourth-order valence-electron chi connectivity index (χ4n) is 1.48. The molecule has 2 atom stereocenters. The molecule has 1 aromatic carbocycles. The fraction of sp³-hybridized carbons (Fsp3) is 0.300. The van der Waals surface area contributed by atoms with Crippen LogP contribution < -0.4 is 5.73 Å². The SMILES string of the molecule is Nc1noc2ccc(C(O)C(O)CO)cc12. The van der Waals surface area contributed by atoms with Gasteiger partial charge in [-0.3, -0.25) is 0 Å². The first-order chi connectivity index (χ1) is 7.63. The third-order valence-corrected chi connectivity index (χ3v) is 2.41. The third kappa shape index (κ3) is 1.73. The van der Waals surface area contributed by atoms with Crippen LogP contribution in [0.25, 0.3) is 11.0 Å². The third-order valence-electron chi connectivity index (χ3n) is 2.41. The molecule has 2 aromatic rings. The first-order valence-corrected chi connectivity index (χ1v) is 4.75. The van der Waals surface area contributed by atoms with Crippen LogP contribution in [0.1, 0.15) is 11.7 Å². The highest BCUT2D eigenvalue weighted by molar-refractivity contribution is 5.87. The topological polar surface area (TPSA) is 113 Å². The molecule has 6 heteroatoms. The molecule has 1 heterocycles. The highest BCUT2D eigenvalue weighted by atomic mass is 16.5. The van der Waals surface area contributed by atoms with Gasteiger partial charge in [0.15, 0.2) is 11.4 Å². The Morgan fingerprint density at radius 2 is 2.12 bits per heavy atom. The van der Waals surface area contributed by atoms with E-state index in [1.54, 1.807) is 18.2 Å². The van der Waals surface area contributed by atoms with Gasteiger partial charge in [-0.1, -0.05) is 11.2 Å². The number of anilines is 1. The second-order valence-electron chi connectivity index (χ2n) is 3.52. The average molecular weight is 224 g/mol. The number of nitrogen functional groups attached to an aromatic ring is 1. The Labute approximate surface area is 90.9 Å². The van der Waals surface area contributed by atoms with Crippen LogP contribution in [0.4, 0.5) is 5.82 Å². The van der Waals surface area contributed by atoms with Gasteiger partial charge in [0.25, 0.3) is 0 Å². The molecule has 0 saturated heterocycles. The molecule has 5 N–H and O–H groups in total. The van der Waals surface area contributed by atoms with Crippen LogP contribution in [0, 0.1) is 0 Å². The van der Waals surface area contributed by atoms with Crippen molar-refractivity contribution in [2.45, 2.75) is 12.2 Å². The van der Waals surface area contributed by atoms with Crippen LogP contribution >= 0.6 is 0 Å². The molecule has 0 radical (unpaired) electrons. The molecule has 86 valence electrons. The number of rotatable bonds is 3. The van der Waals surface area contributed by atoms with Crippen molar-refractivity contribution >= 4 is 16.8 Å². The summed E-state index contributed by atoms with van der Waals surface area (Å²) in [6.07, 6.45) is -2.39. The Morgan fingerprint density at radius 3 is 2.81 bits per heavy atom. The van der Waals surface area contributed by atoms with Crippen molar-refractivity contribution in [2.75, 3.05) is 12.3 Å². The molecule has 0 fully saturated rings. The lowest BCUT2D eigenvalue weighted by Gasteiger charge is -2.15.